The second-order valence-corrected chi connectivity index (χ2v) is 6.10. The number of hydrogen-bond acceptors (Lipinski definition) is 5. The summed E-state index contributed by atoms with van der Waals surface area (Å²) in [5, 5.41) is 35.2. The molecule has 1 fully saturated rings. The summed E-state index contributed by atoms with van der Waals surface area (Å²) in [6, 6.07) is 3.93. The highest BCUT2D eigenvalue weighted by Gasteiger charge is 2.57. The van der Waals surface area contributed by atoms with Gasteiger partial charge in [-0.05, 0) is 31.4 Å². The SMILES string of the molecule is Nc1cccc(C(=O)O)c1C(=O)O.O=C(O)C1C2=CCC1(C(=O)O)CC2. The summed E-state index contributed by atoms with van der Waals surface area (Å²) in [6.07, 6.45) is 3.26. The van der Waals surface area contributed by atoms with Gasteiger partial charge in [-0.25, -0.2) is 9.59 Å². The van der Waals surface area contributed by atoms with Crippen LogP contribution in [0.25, 0.3) is 0 Å². The third-order valence-corrected chi connectivity index (χ3v) is 4.73. The monoisotopic (exact) mass is 363 g/mol. The zero-order chi connectivity index (χ0) is 19.6. The maximum absolute atomic E-state index is 11.0. The minimum absolute atomic E-state index is 0.0487. The Morgan fingerprint density at radius 3 is 2.04 bits per heavy atom. The van der Waals surface area contributed by atoms with Gasteiger partial charge in [0, 0.05) is 5.69 Å². The van der Waals surface area contributed by atoms with E-state index in [2.05, 4.69) is 0 Å². The van der Waals surface area contributed by atoms with Gasteiger partial charge in [0.15, 0.2) is 0 Å². The number of carbonyl (C=O) groups is 4. The van der Waals surface area contributed by atoms with E-state index in [9.17, 15) is 19.2 Å². The lowest BCUT2D eigenvalue weighted by Gasteiger charge is -2.23. The Morgan fingerprint density at radius 2 is 1.69 bits per heavy atom. The lowest BCUT2D eigenvalue weighted by atomic mass is 9.78. The molecule has 0 heterocycles. The fourth-order valence-corrected chi connectivity index (χ4v) is 3.46. The molecule has 0 saturated heterocycles. The average molecular weight is 363 g/mol. The Bertz CT molecular complexity index is 828. The van der Waals surface area contributed by atoms with Crippen LogP contribution in [0.2, 0.25) is 0 Å². The van der Waals surface area contributed by atoms with Crippen molar-refractivity contribution in [2.24, 2.45) is 11.3 Å². The molecule has 9 heteroatoms. The number of carboxylic acid groups (broad SMARTS) is 4. The lowest BCUT2D eigenvalue weighted by Crippen LogP contribution is -2.36. The number of hydrogen-bond donors (Lipinski definition) is 5. The number of nitrogens with two attached hydrogens (primary N) is 1. The number of anilines is 1. The molecule has 6 N–H and O–H groups in total. The first-order valence-electron chi connectivity index (χ1n) is 7.62. The van der Waals surface area contributed by atoms with E-state index < -0.39 is 35.2 Å². The normalized spacial score (nSPS) is 22.8. The molecule has 26 heavy (non-hydrogen) atoms. The molecule has 2 unspecified atom stereocenters. The Hall–Kier alpha value is -3.36. The fourth-order valence-electron chi connectivity index (χ4n) is 3.46. The van der Waals surface area contributed by atoms with Crippen molar-refractivity contribution in [3.63, 3.8) is 0 Å². The maximum Gasteiger partial charge on any atom is 0.338 e. The molecule has 0 radical (unpaired) electrons. The van der Waals surface area contributed by atoms with Gasteiger partial charge in [-0.3, -0.25) is 9.59 Å². The van der Waals surface area contributed by atoms with Crippen molar-refractivity contribution >= 4 is 29.6 Å². The van der Waals surface area contributed by atoms with Crippen LogP contribution in [0.15, 0.2) is 29.8 Å². The van der Waals surface area contributed by atoms with Gasteiger partial charge < -0.3 is 26.2 Å². The third-order valence-electron chi connectivity index (χ3n) is 4.73. The second kappa shape index (κ2) is 6.87. The first-order valence-corrected chi connectivity index (χ1v) is 7.62. The molecule has 0 aliphatic heterocycles. The maximum atomic E-state index is 11.0. The van der Waals surface area contributed by atoms with E-state index in [-0.39, 0.29) is 16.8 Å². The Kier molecular flexibility index (Phi) is 5.01. The Labute approximate surface area is 147 Å². The van der Waals surface area contributed by atoms with Crippen LogP contribution >= 0.6 is 0 Å². The van der Waals surface area contributed by atoms with Crippen LogP contribution in [0.5, 0.6) is 0 Å². The van der Waals surface area contributed by atoms with E-state index in [0.29, 0.717) is 19.3 Å². The van der Waals surface area contributed by atoms with Crippen molar-refractivity contribution in [2.45, 2.75) is 19.3 Å². The molecule has 1 saturated carbocycles. The van der Waals surface area contributed by atoms with Gasteiger partial charge >= 0.3 is 23.9 Å². The zero-order valence-electron chi connectivity index (χ0n) is 13.5. The van der Waals surface area contributed by atoms with E-state index in [1.54, 1.807) is 6.08 Å². The molecule has 2 aliphatic carbocycles. The molecule has 0 amide bonds. The molecule has 0 spiro atoms. The number of aliphatic carboxylic acids is 2. The van der Waals surface area contributed by atoms with Crippen LogP contribution in [-0.4, -0.2) is 44.3 Å². The second-order valence-electron chi connectivity index (χ2n) is 6.10. The number of rotatable bonds is 4. The van der Waals surface area contributed by atoms with E-state index in [0.717, 1.165) is 5.57 Å². The predicted molar refractivity (Wildman–Crippen MR) is 87.9 cm³/mol. The molecule has 0 aromatic heterocycles. The van der Waals surface area contributed by atoms with E-state index in [1.807, 2.05) is 0 Å². The Balaban J connectivity index is 0.000000187. The zero-order valence-corrected chi connectivity index (χ0v) is 13.5. The Morgan fingerprint density at radius 1 is 1.04 bits per heavy atom. The number of benzene rings is 1. The van der Waals surface area contributed by atoms with Gasteiger partial charge in [-0.15, -0.1) is 0 Å². The average Bonchev–Trinajstić information content (AvgIpc) is 3.12. The predicted octanol–water partition coefficient (Wildman–Crippen LogP) is 1.55. The minimum Gasteiger partial charge on any atom is -0.481 e. The van der Waals surface area contributed by atoms with Crippen molar-refractivity contribution < 1.29 is 39.6 Å². The van der Waals surface area contributed by atoms with Crippen molar-refractivity contribution in [3.05, 3.63) is 41.0 Å². The van der Waals surface area contributed by atoms with E-state index in [1.165, 1.54) is 18.2 Å². The van der Waals surface area contributed by atoms with Crippen LogP contribution in [0.4, 0.5) is 5.69 Å². The number of aromatic carboxylic acids is 2. The van der Waals surface area contributed by atoms with Crippen LogP contribution in [0, 0.1) is 11.3 Å². The number of allylic oxidation sites excluding steroid dienone is 1. The molecule has 1 aromatic carbocycles. The van der Waals surface area contributed by atoms with Crippen molar-refractivity contribution in [1.82, 2.24) is 0 Å². The highest BCUT2D eigenvalue weighted by Crippen LogP contribution is 2.55. The fraction of sp³-hybridized carbons (Fsp3) is 0.294. The van der Waals surface area contributed by atoms with Gasteiger partial charge in [0.1, 0.15) is 0 Å². The van der Waals surface area contributed by atoms with E-state index >= 15 is 0 Å². The van der Waals surface area contributed by atoms with Gasteiger partial charge in [-0.2, -0.15) is 0 Å². The van der Waals surface area contributed by atoms with Crippen molar-refractivity contribution in [1.29, 1.82) is 0 Å². The summed E-state index contributed by atoms with van der Waals surface area (Å²) in [6.45, 7) is 0. The number of fused-ring (bicyclic) bond motifs is 2. The highest BCUT2D eigenvalue weighted by molar-refractivity contribution is 6.05. The summed E-state index contributed by atoms with van der Waals surface area (Å²) >= 11 is 0. The lowest BCUT2D eigenvalue weighted by molar-refractivity contribution is -0.158. The first-order chi connectivity index (χ1) is 12.1. The van der Waals surface area contributed by atoms with Gasteiger partial charge in [0.05, 0.1) is 22.5 Å². The summed E-state index contributed by atoms with van der Waals surface area (Å²) in [4.78, 5) is 43.0. The molecular weight excluding hydrogens is 346 g/mol. The van der Waals surface area contributed by atoms with Crippen LogP contribution in [0.1, 0.15) is 40.0 Å². The summed E-state index contributed by atoms with van der Waals surface area (Å²) in [5.74, 6) is -5.38. The molecule has 2 bridgehead atoms. The first kappa shape index (κ1) is 19.0. The quantitative estimate of drug-likeness (QED) is 0.392. The number of nitrogen functional groups attached to an aromatic ring is 1. The van der Waals surface area contributed by atoms with E-state index in [4.69, 9.17) is 26.2 Å². The molecule has 9 nitrogen and oxygen atoms in total. The van der Waals surface area contributed by atoms with Crippen molar-refractivity contribution in [3.8, 4) is 0 Å². The van der Waals surface area contributed by atoms with Crippen molar-refractivity contribution in [2.75, 3.05) is 5.73 Å². The molecular formula is C17H17NO8. The summed E-state index contributed by atoms with van der Waals surface area (Å²) in [5.41, 5.74) is 4.38. The van der Waals surface area contributed by atoms with Crippen LogP contribution in [-0.2, 0) is 9.59 Å². The molecule has 3 rings (SSSR count). The largest absolute Gasteiger partial charge is 0.481 e. The summed E-state index contributed by atoms with van der Waals surface area (Å²) in [7, 11) is 0. The summed E-state index contributed by atoms with van der Waals surface area (Å²) < 4.78 is 0. The topological polar surface area (TPSA) is 175 Å². The van der Waals surface area contributed by atoms with Crippen LogP contribution < -0.4 is 5.73 Å². The number of carboxylic acids is 4. The third kappa shape index (κ3) is 3.10. The highest BCUT2D eigenvalue weighted by atomic mass is 16.4. The van der Waals surface area contributed by atoms with Gasteiger partial charge in [-0.1, -0.05) is 17.7 Å². The van der Waals surface area contributed by atoms with Gasteiger partial charge in [0.25, 0.3) is 0 Å². The molecule has 2 aliphatic rings. The molecule has 138 valence electrons. The minimum atomic E-state index is -1.34. The van der Waals surface area contributed by atoms with Crippen LogP contribution in [0.3, 0.4) is 0 Å². The molecule has 1 aromatic rings. The smallest absolute Gasteiger partial charge is 0.338 e. The standard InChI is InChI=1S/C9H10O4.C8H7NO4/c10-7(11)6-5-1-3-9(6,4-2-5)8(12)13;9-5-3-1-2-4(7(10)11)6(5)8(12)13/h1,6H,2-4H2,(H,10,11)(H,12,13);1-3H,9H2,(H,10,11)(H,12,13). The molecule has 2 atom stereocenters. The van der Waals surface area contributed by atoms with Gasteiger partial charge in [0.2, 0.25) is 0 Å².